The van der Waals surface area contributed by atoms with Crippen LogP contribution in [0.4, 0.5) is 0 Å². The van der Waals surface area contributed by atoms with Crippen LogP contribution in [0.3, 0.4) is 0 Å². The average molecular weight is 280 g/mol. The van der Waals surface area contributed by atoms with Crippen molar-refractivity contribution < 1.29 is 24.5 Å². The van der Waals surface area contributed by atoms with E-state index < -0.39 is 23.5 Å². The second kappa shape index (κ2) is 7.05. The van der Waals surface area contributed by atoms with Crippen LogP contribution in [0.1, 0.15) is 38.4 Å². The fourth-order valence-corrected chi connectivity index (χ4v) is 2.09. The highest BCUT2D eigenvalue weighted by Gasteiger charge is 2.47. The number of hydrogen-bond acceptors (Lipinski definition) is 4. The van der Waals surface area contributed by atoms with Crippen molar-refractivity contribution in [1.82, 2.24) is 0 Å². The molecule has 1 rings (SSSR count). The van der Waals surface area contributed by atoms with E-state index in [2.05, 4.69) is 0 Å². The largest absolute Gasteiger partial charge is 0.480 e. The second-order valence-corrected chi connectivity index (χ2v) is 4.59. The molecule has 2 unspecified atom stereocenters. The number of aliphatic carboxylic acids is 1. The number of carbonyl (C=O) groups is 2. The van der Waals surface area contributed by atoms with Gasteiger partial charge in [0.25, 0.3) is 0 Å². The van der Waals surface area contributed by atoms with Crippen LogP contribution in [-0.4, -0.2) is 28.8 Å². The number of carbonyl (C=O) groups excluding carboxylic acids is 1. The first-order chi connectivity index (χ1) is 9.47. The Hall–Kier alpha value is -1.88. The predicted molar refractivity (Wildman–Crippen MR) is 73.0 cm³/mol. The molecule has 0 amide bonds. The molecule has 2 atom stereocenters. The Balaban J connectivity index is 3.01. The third kappa shape index (κ3) is 3.36. The van der Waals surface area contributed by atoms with Crippen molar-refractivity contribution in [3.8, 4) is 0 Å². The standard InChI is InChI=1S/C15H20O5/c1-3-15(13(17)18,14(19)20-4-2)10-12(16)11-8-6-5-7-9-11/h5-9,12,16H,3-4,10H2,1-2H3,(H,17,18). The number of carboxylic acid groups (broad SMARTS) is 1. The second-order valence-electron chi connectivity index (χ2n) is 4.59. The van der Waals surface area contributed by atoms with Gasteiger partial charge in [-0.25, -0.2) is 0 Å². The molecule has 0 spiro atoms. The number of rotatable bonds is 7. The Morgan fingerprint density at radius 3 is 2.30 bits per heavy atom. The average Bonchev–Trinajstić information content (AvgIpc) is 2.45. The molecule has 0 heterocycles. The number of benzene rings is 1. The summed E-state index contributed by atoms with van der Waals surface area (Å²) in [7, 11) is 0. The highest BCUT2D eigenvalue weighted by atomic mass is 16.5. The van der Waals surface area contributed by atoms with E-state index in [9.17, 15) is 19.8 Å². The molecule has 0 aliphatic heterocycles. The Kier molecular flexibility index (Phi) is 5.70. The van der Waals surface area contributed by atoms with Crippen LogP contribution in [0, 0.1) is 5.41 Å². The fourth-order valence-electron chi connectivity index (χ4n) is 2.09. The van der Waals surface area contributed by atoms with Crippen LogP contribution >= 0.6 is 0 Å². The Morgan fingerprint density at radius 1 is 1.25 bits per heavy atom. The number of esters is 1. The molecule has 0 fully saturated rings. The highest BCUT2D eigenvalue weighted by molar-refractivity contribution is 5.99. The van der Waals surface area contributed by atoms with E-state index in [1.165, 1.54) is 0 Å². The minimum atomic E-state index is -1.72. The lowest BCUT2D eigenvalue weighted by molar-refractivity contribution is -0.171. The third-order valence-corrected chi connectivity index (χ3v) is 3.41. The smallest absolute Gasteiger partial charge is 0.323 e. The van der Waals surface area contributed by atoms with Gasteiger partial charge < -0.3 is 14.9 Å². The topological polar surface area (TPSA) is 83.8 Å². The molecule has 5 heteroatoms. The van der Waals surface area contributed by atoms with E-state index in [1.54, 1.807) is 44.2 Å². The molecule has 0 aromatic heterocycles. The summed E-state index contributed by atoms with van der Waals surface area (Å²) < 4.78 is 4.87. The summed E-state index contributed by atoms with van der Waals surface area (Å²) in [6.45, 7) is 3.33. The van der Waals surface area contributed by atoms with Gasteiger partial charge in [0.2, 0.25) is 0 Å². The zero-order valence-corrected chi connectivity index (χ0v) is 11.7. The van der Waals surface area contributed by atoms with Gasteiger partial charge in [-0.05, 0) is 18.9 Å². The number of hydrogen-bond donors (Lipinski definition) is 2. The highest BCUT2D eigenvalue weighted by Crippen LogP contribution is 2.35. The maximum absolute atomic E-state index is 12.0. The Morgan fingerprint density at radius 2 is 1.85 bits per heavy atom. The Labute approximate surface area is 118 Å². The van der Waals surface area contributed by atoms with Crippen LogP contribution in [0.25, 0.3) is 0 Å². The molecule has 1 aromatic carbocycles. The van der Waals surface area contributed by atoms with Crippen molar-refractivity contribution in [1.29, 1.82) is 0 Å². The van der Waals surface area contributed by atoms with Gasteiger partial charge in [-0.3, -0.25) is 9.59 Å². The van der Waals surface area contributed by atoms with Gasteiger partial charge in [-0.2, -0.15) is 0 Å². The number of ether oxygens (including phenoxy) is 1. The summed E-state index contributed by atoms with van der Waals surface area (Å²) in [5.41, 5.74) is -1.14. The van der Waals surface area contributed by atoms with E-state index >= 15 is 0 Å². The summed E-state index contributed by atoms with van der Waals surface area (Å²) in [5.74, 6) is -2.07. The van der Waals surface area contributed by atoms with E-state index in [4.69, 9.17) is 4.74 Å². The van der Waals surface area contributed by atoms with Crippen molar-refractivity contribution in [2.45, 2.75) is 32.8 Å². The summed E-state index contributed by atoms with van der Waals surface area (Å²) in [4.78, 5) is 23.5. The molecule has 0 bridgehead atoms. The van der Waals surface area contributed by atoms with E-state index in [0.29, 0.717) is 5.56 Å². The van der Waals surface area contributed by atoms with Crippen molar-refractivity contribution >= 4 is 11.9 Å². The van der Waals surface area contributed by atoms with Gasteiger partial charge in [-0.1, -0.05) is 37.3 Å². The molecule has 5 nitrogen and oxygen atoms in total. The zero-order chi connectivity index (χ0) is 15.2. The minimum absolute atomic E-state index is 0.0606. The number of aliphatic hydroxyl groups excluding tert-OH is 1. The zero-order valence-electron chi connectivity index (χ0n) is 11.7. The van der Waals surface area contributed by atoms with Crippen molar-refractivity contribution in [3.63, 3.8) is 0 Å². The van der Waals surface area contributed by atoms with Gasteiger partial charge in [0, 0.05) is 6.42 Å². The molecular formula is C15H20O5. The SMILES string of the molecule is CCOC(=O)C(CC)(CC(O)c1ccccc1)C(=O)O. The van der Waals surface area contributed by atoms with Gasteiger partial charge in [-0.15, -0.1) is 0 Å². The van der Waals surface area contributed by atoms with Crippen LogP contribution in [0.5, 0.6) is 0 Å². The summed E-state index contributed by atoms with van der Waals surface area (Å²) in [6.07, 6.45) is -1.18. The molecule has 110 valence electrons. The summed E-state index contributed by atoms with van der Waals surface area (Å²) in [6, 6.07) is 8.68. The molecule has 0 radical (unpaired) electrons. The molecule has 1 aromatic rings. The number of aliphatic hydroxyl groups is 1. The molecule has 0 aliphatic rings. The van der Waals surface area contributed by atoms with Crippen LogP contribution in [0.2, 0.25) is 0 Å². The van der Waals surface area contributed by atoms with Crippen LogP contribution in [0.15, 0.2) is 30.3 Å². The molecule has 0 saturated heterocycles. The first-order valence-electron chi connectivity index (χ1n) is 6.61. The maximum atomic E-state index is 12.0. The lowest BCUT2D eigenvalue weighted by Gasteiger charge is -2.28. The van der Waals surface area contributed by atoms with Crippen molar-refractivity contribution in [2.75, 3.05) is 6.61 Å². The van der Waals surface area contributed by atoms with Crippen LogP contribution < -0.4 is 0 Å². The lowest BCUT2D eigenvalue weighted by Crippen LogP contribution is -2.41. The van der Waals surface area contributed by atoms with E-state index in [0.717, 1.165) is 0 Å². The Bertz CT molecular complexity index is 457. The van der Waals surface area contributed by atoms with Crippen molar-refractivity contribution in [2.24, 2.45) is 5.41 Å². The summed E-state index contributed by atoms with van der Waals surface area (Å²) >= 11 is 0. The van der Waals surface area contributed by atoms with Gasteiger partial charge in [0.15, 0.2) is 5.41 Å². The van der Waals surface area contributed by atoms with E-state index in [1.807, 2.05) is 0 Å². The van der Waals surface area contributed by atoms with Gasteiger partial charge in [0.1, 0.15) is 0 Å². The molecule has 20 heavy (non-hydrogen) atoms. The lowest BCUT2D eigenvalue weighted by atomic mass is 9.78. The third-order valence-electron chi connectivity index (χ3n) is 3.41. The first-order valence-corrected chi connectivity index (χ1v) is 6.61. The molecular weight excluding hydrogens is 260 g/mol. The van der Waals surface area contributed by atoms with Crippen molar-refractivity contribution in [3.05, 3.63) is 35.9 Å². The van der Waals surface area contributed by atoms with Gasteiger partial charge in [0.05, 0.1) is 12.7 Å². The predicted octanol–water partition coefficient (Wildman–Crippen LogP) is 2.15. The molecule has 0 aliphatic carbocycles. The molecule has 2 N–H and O–H groups in total. The number of carboxylic acids is 1. The monoisotopic (exact) mass is 280 g/mol. The molecule has 0 saturated carbocycles. The normalized spacial score (nSPS) is 15.2. The minimum Gasteiger partial charge on any atom is -0.480 e. The maximum Gasteiger partial charge on any atom is 0.323 e. The quantitative estimate of drug-likeness (QED) is 0.590. The first kappa shape index (κ1) is 16.2. The summed E-state index contributed by atoms with van der Waals surface area (Å²) in [5, 5.41) is 19.6. The van der Waals surface area contributed by atoms with E-state index in [-0.39, 0.29) is 19.4 Å². The fraction of sp³-hybridized carbons (Fsp3) is 0.467. The van der Waals surface area contributed by atoms with Crippen LogP contribution in [-0.2, 0) is 14.3 Å². The van der Waals surface area contributed by atoms with Gasteiger partial charge >= 0.3 is 11.9 Å².